The van der Waals surface area contributed by atoms with Gasteiger partial charge in [0.2, 0.25) is 0 Å². The zero-order valence-corrected chi connectivity index (χ0v) is 21.9. The molecule has 0 aromatic rings. The Hall–Kier alpha value is -0.0800. The van der Waals surface area contributed by atoms with Crippen LogP contribution in [0.3, 0.4) is 0 Å². The Morgan fingerprint density at radius 3 is 1.50 bits per heavy atom. The lowest BCUT2D eigenvalue weighted by molar-refractivity contribution is -0.0561. The van der Waals surface area contributed by atoms with Crippen LogP contribution in [0.25, 0.3) is 0 Å². The van der Waals surface area contributed by atoms with Crippen molar-refractivity contribution < 1.29 is 9.47 Å². The second-order valence-electron chi connectivity index (χ2n) is 10.5. The van der Waals surface area contributed by atoms with Gasteiger partial charge in [-0.3, -0.25) is 0 Å². The normalized spacial score (nSPS) is 15.8. The van der Waals surface area contributed by atoms with E-state index in [4.69, 9.17) is 9.47 Å². The summed E-state index contributed by atoms with van der Waals surface area (Å²) in [5, 5.41) is 0. The summed E-state index contributed by atoms with van der Waals surface area (Å²) in [7, 11) is 0. The van der Waals surface area contributed by atoms with Crippen LogP contribution in [0.5, 0.6) is 0 Å². The molecular formula is C28H58O2. The molecule has 0 heterocycles. The third-order valence-electron chi connectivity index (χ3n) is 6.49. The van der Waals surface area contributed by atoms with E-state index < -0.39 is 0 Å². The minimum atomic E-state index is 0.481. The largest absolute Gasteiger partial charge is 0.355 e. The monoisotopic (exact) mass is 426 g/mol. The molecule has 30 heavy (non-hydrogen) atoms. The first-order valence-electron chi connectivity index (χ1n) is 13.6. The van der Waals surface area contributed by atoms with Crippen molar-refractivity contribution in [2.75, 3.05) is 20.0 Å². The van der Waals surface area contributed by atoms with Crippen molar-refractivity contribution in [2.45, 2.75) is 138 Å². The zero-order valence-electron chi connectivity index (χ0n) is 21.9. The Balaban J connectivity index is 3.43. The summed E-state index contributed by atoms with van der Waals surface area (Å²) >= 11 is 0. The molecule has 0 bridgehead atoms. The van der Waals surface area contributed by atoms with E-state index in [1.807, 2.05) is 0 Å². The number of unbranched alkanes of at least 4 members (excludes halogenated alkanes) is 7. The molecule has 0 aromatic carbocycles. The lowest BCUT2D eigenvalue weighted by atomic mass is 9.84. The van der Waals surface area contributed by atoms with Crippen LogP contribution < -0.4 is 0 Å². The molecule has 2 heteroatoms. The van der Waals surface area contributed by atoms with Crippen molar-refractivity contribution in [1.82, 2.24) is 0 Å². The van der Waals surface area contributed by atoms with Crippen molar-refractivity contribution >= 4 is 0 Å². The predicted molar refractivity (Wildman–Crippen MR) is 134 cm³/mol. The van der Waals surface area contributed by atoms with Gasteiger partial charge in [0.15, 0.2) is 0 Å². The highest BCUT2D eigenvalue weighted by molar-refractivity contribution is 4.66. The van der Waals surface area contributed by atoms with E-state index in [1.165, 1.54) is 89.9 Å². The van der Waals surface area contributed by atoms with Gasteiger partial charge in [-0.15, -0.1) is 0 Å². The van der Waals surface area contributed by atoms with E-state index in [-0.39, 0.29) is 0 Å². The fourth-order valence-electron chi connectivity index (χ4n) is 5.03. The minimum Gasteiger partial charge on any atom is -0.355 e. The third kappa shape index (κ3) is 21.2. The molecule has 0 amide bonds. The van der Waals surface area contributed by atoms with Crippen LogP contribution in [0.15, 0.2) is 0 Å². The lowest BCUT2D eigenvalue weighted by Gasteiger charge is -2.22. The first-order valence-corrected chi connectivity index (χ1v) is 13.6. The van der Waals surface area contributed by atoms with Gasteiger partial charge in [0.25, 0.3) is 0 Å². The second-order valence-corrected chi connectivity index (χ2v) is 10.5. The van der Waals surface area contributed by atoms with Gasteiger partial charge in [-0.05, 0) is 62.2 Å². The SMILES string of the molecule is CCCCCCCCCCOCOCCCC(C)CC(C)CC(C)CC(C)CCC. The molecule has 182 valence electrons. The van der Waals surface area contributed by atoms with Gasteiger partial charge >= 0.3 is 0 Å². The summed E-state index contributed by atoms with van der Waals surface area (Å²) < 4.78 is 11.3. The van der Waals surface area contributed by atoms with Crippen LogP contribution in [-0.2, 0) is 9.47 Å². The molecule has 4 unspecified atom stereocenters. The van der Waals surface area contributed by atoms with Gasteiger partial charge in [0, 0.05) is 13.2 Å². The molecule has 0 aliphatic carbocycles. The molecule has 0 N–H and O–H groups in total. The van der Waals surface area contributed by atoms with Crippen LogP contribution in [0, 0.1) is 23.7 Å². The quantitative estimate of drug-likeness (QED) is 0.120. The highest BCUT2D eigenvalue weighted by atomic mass is 16.7. The zero-order chi connectivity index (χ0) is 22.5. The molecule has 4 atom stereocenters. The number of hydrogen-bond acceptors (Lipinski definition) is 2. The van der Waals surface area contributed by atoms with Gasteiger partial charge in [-0.25, -0.2) is 0 Å². The van der Waals surface area contributed by atoms with Gasteiger partial charge in [0.1, 0.15) is 6.79 Å². The molecule has 0 spiro atoms. The van der Waals surface area contributed by atoms with Gasteiger partial charge in [-0.1, -0.05) is 99.3 Å². The van der Waals surface area contributed by atoms with E-state index in [0.29, 0.717) is 6.79 Å². The summed E-state index contributed by atoms with van der Waals surface area (Å²) in [5.74, 6) is 3.42. The fraction of sp³-hybridized carbons (Fsp3) is 1.00. The van der Waals surface area contributed by atoms with E-state index >= 15 is 0 Å². The molecule has 0 saturated heterocycles. The van der Waals surface area contributed by atoms with Crippen LogP contribution in [0.1, 0.15) is 138 Å². The van der Waals surface area contributed by atoms with Gasteiger partial charge < -0.3 is 9.47 Å². The van der Waals surface area contributed by atoms with Crippen LogP contribution >= 0.6 is 0 Å². The maximum absolute atomic E-state index is 5.67. The Kier molecular flexibility index (Phi) is 22.1. The van der Waals surface area contributed by atoms with E-state index in [9.17, 15) is 0 Å². The number of ether oxygens (including phenoxy) is 2. The minimum absolute atomic E-state index is 0.481. The maximum atomic E-state index is 5.67. The van der Waals surface area contributed by atoms with Crippen molar-refractivity contribution in [1.29, 1.82) is 0 Å². The molecule has 0 aliphatic rings. The highest BCUT2D eigenvalue weighted by Crippen LogP contribution is 2.26. The highest BCUT2D eigenvalue weighted by Gasteiger charge is 2.14. The van der Waals surface area contributed by atoms with E-state index in [2.05, 4.69) is 41.5 Å². The molecule has 0 radical (unpaired) electrons. The molecule has 2 nitrogen and oxygen atoms in total. The molecule has 0 fully saturated rings. The summed E-state index contributed by atoms with van der Waals surface area (Å²) in [6.45, 7) is 16.5. The Morgan fingerprint density at radius 1 is 0.467 bits per heavy atom. The summed E-state index contributed by atoms with van der Waals surface area (Å²) in [6, 6.07) is 0. The smallest absolute Gasteiger partial charge is 0.146 e. The van der Waals surface area contributed by atoms with Crippen LogP contribution in [-0.4, -0.2) is 20.0 Å². The number of rotatable bonds is 23. The van der Waals surface area contributed by atoms with Crippen molar-refractivity contribution in [3.63, 3.8) is 0 Å². The van der Waals surface area contributed by atoms with E-state index in [0.717, 1.165) is 43.3 Å². The summed E-state index contributed by atoms with van der Waals surface area (Å²) in [5.41, 5.74) is 0. The van der Waals surface area contributed by atoms with Crippen LogP contribution in [0.4, 0.5) is 0 Å². The Labute approximate surface area is 191 Å². The average Bonchev–Trinajstić information content (AvgIpc) is 2.68. The molecule has 0 aromatic heterocycles. The standard InChI is InChI=1S/C28H58O2/c1-7-9-10-11-12-13-14-15-19-29-24-30-20-16-18-26(4)22-28(6)23-27(5)21-25(3)17-8-2/h25-28H,7-24H2,1-6H3. The second kappa shape index (κ2) is 22.1. The fourth-order valence-corrected chi connectivity index (χ4v) is 5.03. The van der Waals surface area contributed by atoms with Gasteiger partial charge in [-0.2, -0.15) is 0 Å². The summed E-state index contributed by atoms with van der Waals surface area (Å²) in [4.78, 5) is 0. The van der Waals surface area contributed by atoms with Crippen LogP contribution in [0.2, 0.25) is 0 Å². The lowest BCUT2D eigenvalue weighted by Crippen LogP contribution is -2.11. The Morgan fingerprint density at radius 2 is 0.933 bits per heavy atom. The molecule has 0 saturated carbocycles. The average molecular weight is 427 g/mol. The van der Waals surface area contributed by atoms with Gasteiger partial charge in [0.05, 0.1) is 0 Å². The third-order valence-corrected chi connectivity index (χ3v) is 6.49. The van der Waals surface area contributed by atoms with Crippen molar-refractivity contribution in [3.05, 3.63) is 0 Å². The first-order chi connectivity index (χ1) is 14.5. The maximum Gasteiger partial charge on any atom is 0.146 e. The molecular weight excluding hydrogens is 368 g/mol. The van der Waals surface area contributed by atoms with Crippen molar-refractivity contribution in [2.24, 2.45) is 23.7 Å². The number of hydrogen-bond donors (Lipinski definition) is 0. The predicted octanol–water partition coefficient (Wildman–Crippen LogP) is 9.41. The summed E-state index contributed by atoms with van der Waals surface area (Å²) in [6.07, 6.45) is 20.1. The van der Waals surface area contributed by atoms with Crippen molar-refractivity contribution in [3.8, 4) is 0 Å². The van der Waals surface area contributed by atoms with E-state index in [1.54, 1.807) is 0 Å². The molecule has 0 rings (SSSR count). The molecule has 0 aliphatic heterocycles. The Bertz CT molecular complexity index is 331. The first kappa shape index (κ1) is 29.9. The topological polar surface area (TPSA) is 18.5 Å².